The number of nitrogens with zero attached hydrogens (tertiary/aromatic N) is 2. The number of rotatable bonds is 6. The zero-order valence-electron chi connectivity index (χ0n) is 15.9. The number of halogens is 2. The SMILES string of the molecule is COc1ccc(-c2nc3ccccn3c2NCc2ccc(Cl)c(Cl)c2)cc1OC. The fraction of sp³-hybridized carbons (Fsp3) is 0.136. The van der Waals surface area contributed by atoms with Crippen LogP contribution in [0, 0.1) is 0 Å². The van der Waals surface area contributed by atoms with Crippen LogP contribution in [0.5, 0.6) is 11.5 Å². The van der Waals surface area contributed by atoms with Crippen LogP contribution < -0.4 is 14.8 Å². The van der Waals surface area contributed by atoms with E-state index in [0.29, 0.717) is 28.1 Å². The summed E-state index contributed by atoms with van der Waals surface area (Å²) in [6, 6.07) is 17.3. The Morgan fingerprint density at radius 2 is 1.76 bits per heavy atom. The van der Waals surface area contributed by atoms with E-state index in [2.05, 4.69) is 5.32 Å². The molecule has 2 heterocycles. The Bertz CT molecular complexity index is 1170. The number of ether oxygens (including phenoxy) is 2. The summed E-state index contributed by atoms with van der Waals surface area (Å²) in [5.41, 5.74) is 3.60. The fourth-order valence-electron chi connectivity index (χ4n) is 3.18. The van der Waals surface area contributed by atoms with Crippen molar-refractivity contribution in [3.8, 4) is 22.8 Å². The molecule has 0 radical (unpaired) electrons. The first-order chi connectivity index (χ1) is 14.1. The Labute approximate surface area is 178 Å². The molecular formula is C22H19Cl2N3O2. The van der Waals surface area contributed by atoms with E-state index in [1.54, 1.807) is 20.3 Å². The molecule has 0 saturated carbocycles. The predicted octanol–water partition coefficient (Wildman–Crippen LogP) is 5.94. The third-order valence-electron chi connectivity index (χ3n) is 4.63. The summed E-state index contributed by atoms with van der Waals surface area (Å²) in [7, 11) is 3.24. The number of fused-ring (bicyclic) bond motifs is 1. The number of imidazole rings is 1. The van der Waals surface area contributed by atoms with Crippen molar-refractivity contribution in [2.24, 2.45) is 0 Å². The Kier molecular flexibility index (Phi) is 5.51. The molecule has 0 aliphatic rings. The monoisotopic (exact) mass is 427 g/mol. The van der Waals surface area contributed by atoms with Gasteiger partial charge < -0.3 is 14.8 Å². The molecule has 0 unspecified atom stereocenters. The molecule has 4 rings (SSSR count). The summed E-state index contributed by atoms with van der Waals surface area (Å²) in [4.78, 5) is 4.81. The molecule has 0 spiro atoms. The predicted molar refractivity (Wildman–Crippen MR) is 118 cm³/mol. The van der Waals surface area contributed by atoms with Crippen molar-refractivity contribution in [1.29, 1.82) is 0 Å². The van der Waals surface area contributed by atoms with Crippen molar-refractivity contribution in [1.82, 2.24) is 9.38 Å². The number of aromatic nitrogens is 2. The molecule has 0 fully saturated rings. The molecule has 1 N–H and O–H groups in total. The van der Waals surface area contributed by atoms with E-state index in [-0.39, 0.29) is 0 Å². The molecule has 0 bridgehead atoms. The number of hydrogen-bond acceptors (Lipinski definition) is 4. The molecule has 2 aromatic carbocycles. The topological polar surface area (TPSA) is 47.8 Å². The van der Waals surface area contributed by atoms with Gasteiger partial charge >= 0.3 is 0 Å². The molecule has 2 aromatic heterocycles. The summed E-state index contributed by atoms with van der Waals surface area (Å²) < 4.78 is 12.8. The smallest absolute Gasteiger partial charge is 0.161 e. The highest BCUT2D eigenvalue weighted by Gasteiger charge is 2.16. The lowest BCUT2D eigenvalue weighted by atomic mass is 10.1. The molecule has 0 aliphatic heterocycles. The van der Waals surface area contributed by atoms with Crippen LogP contribution in [0.25, 0.3) is 16.9 Å². The average molecular weight is 428 g/mol. The molecule has 0 atom stereocenters. The number of benzene rings is 2. The summed E-state index contributed by atoms with van der Waals surface area (Å²) >= 11 is 12.2. The summed E-state index contributed by atoms with van der Waals surface area (Å²) in [6.45, 7) is 0.569. The standard InChI is InChI=1S/C22H19Cl2N3O2/c1-28-18-9-7-15(12-19(18)29-2)21-22(27-10-4-3-5-20(27)26-21)25-13-14-6-8-16(23)17(24)11-14/h3-12,25H,13H2,1-2H3. The van der Waals surface area contributed by atoms with Crippen molar-refractivity contribution in [3.63, 3.8) is 0 Å². The van der Waals surface area contributed by atoms with Gasteiger partial charge in [0.1, 0.15) is 17.2 Å². The summed E-state index contributed by atoms with van der Waals surface area (Å²) in [5, 5.41) is 4.56. The third kappa shape index (κ3) is 3.84. The first-order valence-corrected chi connectivity index (χ1v) is 9.73. The van der Waals surface area contributed by atoms with E-state index >= 15 is 0 Å². The Balaban J connectivity index is 1.75. The number of pyridine rings is 1. The second kappa shape index (κ2) is 8.23. The normalized spacial score (nSPS) is 10.9. The number of anilines is 1. The quantitative estimate of drug-likeness (QED) is 0.413. The van der Waals surface area contributed by atoms with E-state index in [0.717, 1.165) is 28.3 Å². The summed E-state index contributed by atoms with van der Waals surface area (Å²) in [6.07, 6.45) is 1.98. The van der Waals surface area contributed by atoms with E-state index in [1.165, 1.54) is 0 Å². The highest BCUT2D eigenvalue weighted by molar-refractivity contribution is 6.42. The molecule has 148 valence electrons. The maximum Gasteiger partial charge on any atom is 0.161 e. The molecule has 4 aromatic rings. The van der Waals surface area contributed by atoms with Gasteiger partial charge in [0, 0.05) is 18.3 Å². The maximum absolute atomic E-state index is 6.16. The van der Waals surface area contributed by atoms with E-state index < -0.39 is 0 Å². The lowest BCUT2D eigenvalue weighted by Gasteiger charge is -2.12. The molecule has 5 nitrogen and oxygen atoms in total. The summed E-state index contributed by atoms with van der Waals surface area (Å²) in [5.74, 6) is 2.20. The lowest BCUT2D eigenvalue weighted by Crippen LogP contribution is -2.03. The minimum atomic E-state index is 0.532. The van der Waals surface area contributed by atoms with Crippen LogP contribution in [0.4, 0.5) is 5.82 Å². The van der Waals surface area contributed by atoms with Crippen LogP contribution in [0.3, 0.4) is 0 Å². The zero-order valence-corrected chi connectivity index (χ0v) is 17.5. The van der Waals surface area contributed by atoms with Gasteiger partial charge in [-0.05, 0) is 48.0 Å². The molecule has 0 aliphatic carbocycles. The Hall–Kier alpha value is -2.89. The van der Waals surface area contributed by atoms with Crippen LogP contribution >= 0.6 is 23.2 Å². The van der Waals surface area contributed by atoms with Gasteiger partial charge in [0.2, 0.25) is 0 Å². The largest absolute Gasteiger partial charge is 0.493 e. The van der Waals surface area contributed by atoms with Gasteiger partial charge in [-0.2, -0.15) is 0 Å². The van der Waals surface area contributed by atoms with E-state index in [1.807, 2.05) is 59.1 Å². The van der Waals surface area contributed by atoms with Crippen LogP contribution in [0.2, 0.25) is 10.0 Å². The molecule has 7 heteroatoms. The first-order valence-electron chi connectivity index (χ1n) is 8.98. The zero-order chi connectivity index (χ0) is 20.4. The molecular weight excluding hydrogens is 409 g/mol. The van der Waals surface area contributed by atoms with Gasteiger partial charge in [-0.3, -0.25) is 4.40 Å². The Morgan fingerprint density at radius 1 is 0.931 bits per heavy atom. The maximum atomic E-state index is 6.16. The van der Waals surface area contributed by atoms with Gasteiger partial charge in [0.05, 0.1) is 24.3 Å². The van der Waals surface area contributed by atoms with Crippen LogP contribution in [0.15, 0.2) is 60.8 Å². The first kappa shape index (κ1) is 19.4. The number of hydrogen-bond donors (Lipinski definition) is 1. The molecule has 0 amide bonds. The highest BCUT2D eigenvalue weighted by atomic mass is 35.5. The Morgan fingerprint density at radius 3 is 2.52 bits per heavy atom. The number of nitrogens with one attached hydrogen (secondary N) is 1. The molecule has 0 saturated heterocycles. The van der Waals surface area contributed by atoms with Gasteiger partial charge in [-0.15, -0.1) is 0 Å². The number of methoxy groups -OCH3 is 2. The average Bonchev–Trinajstić information content (AvgIpc) is 3.12. The van der Waals surface area contributed by atoms with Crippen molar-refractivity contribution in [3.05, 3.63) is 76.4 Å². The van der Waals surface area contributed by atoms with E-state index in [9.17, 15) is 0 Å². The van der Waals surface area contributed by atoms with E-state index in [4.69, 9.17) is 37.7 Å². The van der Waals surface area contributed by atoms with Crippen molar-refractivity contribution < 1.29 is 9.47 Å². The third-order valence-corrected chi connectivity index (χ3v) is 5.37. The lowest BCUT2D eigenvalue weighted by molar-refractivity contribution is 0.355. The van der Waals surface area contributed by atoms with Crippen LogP contribution in [-0.4, -0.2) is 23.6 Å². The fourth-order valence-corrected chi connectivity index (χ4v) is 3.51. The second-order valence-electron chi connectivity index (χ2n) is 6.41. The van der Waals surface area contributed by atoms with Gasteiger partial charge in [-0.1, -0.05) is 35.3 Å². The van der Waals surface area contributed by atoms with Gasteiger partial charge in [0.25, 0.3) is 0 Å². The second-order valence-corrected chi connectivity index (χ2v) is 7.22. The van der Waals surface area contributed by atoms with Gasteiger partial charge in [0.15, 0.2) is 11.5 Å². The highest BCUT2D eigenvalue weighted by Crippen LogP contribution is 2.35. The van der Waals surface area contributed by atoms with Crippen LogP contribution in [-0.2, 0) is 6.54 Å². The minimum Gasteiger partial charge on any atom is -0.493 e. The van der Waals surface area contributed by atoms with Gasteiger partial charge in [-0.25, -0.2) is 4.98 Å². The van der Waals surface area contributed by atoms with Crippen molar-refractivity contribution in [2.45, 2.75) is 6.54 Å². The van der Waals surface area contributed by atoms with Crippen LogP contribution in [0.1, 0.15) is 5.56 Å². The van der Waals surface area contributed by atoms with Crippen molar-refractivity contribution >= 4 is 34.7 Å². The molecule has 29 heavy (non-hydrogen) atoms. The minimum absolute atomic E-state index is 0.532. The van der Waals surface area contributed by atoms with Crippen molar-refractivity contribution in [2.75, 3.05) is 19.5 Å².